The summed E-state index contributed by atoms with van der Waals surface area (Å²) in [4.78, 5) is 10.9. The molecular formula is C48H28N4. The van der Waals surface area contributed by atoms with Gasteiger partial charge >= 0.3 is 0 Å². The van der Waals surface area contributed by atoms with Crippen molar-refractivity contribution in [1.82, 2.24) is 18.9 Å². The van der Waals surface area contributed by atoms with Crippen molar-refractivity contribution in [1.29, 1.82) is 0 Å². The molecule has 0 saturated carbocycles. The van der Waals surface area contributed by atoms with Crippen molar-refractivity contribution in [2.24, 2.45) is 0 Å². The number of nitrogens with zero attached hydrogens (tertiary/aromatic N) is 4. The van der Waals surface area contributed by atoms with Crippen molar-refractivity contribution in [3.8, 4) is 28.3 Å². The third kappa shape index (κ3) is 3.65. The van der Waals surface area contributed by atoms with Crippen LogP contribution in [-0.4, -0.2) is 18.9 Å². The fourth-order valence-corrected chi connectivity index (χ4v) is 8.88. The summed E-state index contributed by atoms with van der Waals surface area (Å²) in [6.45, 7) is 0. The first-order valence-corrected chi connectivity index (χ1v) is 17.8. The Morgan fingerprint density at radius 2 is 1.00 bits per heavy atom. The van der Waals surface area contributed by atoms with Crippen molar-refractivity contribution in [2.45, 2.75) is 0 Å². The molecular weight excluding hydrogens is 633 g/mol. The Morgan fingerprint density at radius 1 is 0.385 bits per heavy atom. The smallest absolute Gasteiger partial charge is 0.235 e. The van der Waals surface area contributed by atoms with E-state index in [4.69, 9.17) is 9.97 Å². The van der Waals surface area contributed by atoms with E-state index in [1.807, 2.05) is 0 Å². The second kappa shape index (κ2) is 10.3. The summed E-state index contributed by atoms with van der Waals surface area (Å²) in [6.07, 6.45) is 0. The van der Waals surface area contributed by atoms with Crippen LogP contribution in [0.5, 0.6) is 0 Å². The molecule has 240 valence electrons. The van der Waals surface area contributed by atoms with Crippen LogP contribution in [0.15, 0.2) is 170 Å². The van der Waals surface area contributed by atoms with Gasteiger partial charge in [0.05, 0.1) is 38.8 Å². The molecule has 0 aliphatic heterocycles. The zero-order valence-electron chi connectivity index (χ0n) is 28.0. The maximum absolute atomic E-state index is 5.47. The molecule has 0 spiro atoms. The first-order valence-electron chi connectivity index (χ1n) is 17.8. The SMILES string of the molecule is c1ccc(-c2cccc3cc4c(-c5ccccc5)nc(-n5c6cccc7c8cccc9c%10ccccc%10n(c%10cccc5c%10c76)c89)nc4cc23)cc1. The van der Waals surface area contributed by atoms with Crippen molar-refractivity contribution in [3.05, 3.63) is 170 Å². The lowest BCUT2D eigenvalue weighted by molar-refractivity contribution is 1.01. The van der Waals surface area contributed by atoms with Gasteiger partial charge in [0.1, 0.15) is 0 Å². The quantitative estimate of drug-likeness (QED) is 0.177. The molecule has 4 heterocycles. The first kappa shape index (κ1) is 27.7. The van der Waals surface area contributed by atoms with Crippen molar-refractivity contribution >= 4 is 81.6 Å². The normalized spacial score (nSPS) is 12.2. The van der Waals surface area contributed by atoms with Gasteiger partial charge in [0, 0.05) is 37.9 Å². The summed E-state index contributed by atoms with van der Waals surface area (Å²) in [5, 5.41) is 10.8. The number of rotatable bonds is 3. The molecule has 0 amide bonds. The first-order chi connectivity index (χ1) is 25.8. The minimum atomic E-state index is 0.661. The van der Waals surface area contributed by atoms with Crippen LogP contribution < -0.4 is 0 Å². The Morgan fingerprint density at radius 3 is 1.85 bits per heavy atom. The van der Waals surface area contributed by atoms with Crippen LogP contribution >= 0.6 is 0 Å². The van der Waals surface area contributed by atoms with Gasteiger partial charge in [0.2, 0.25) is 5.95 Å². The molecule has 4 heteroatoms. The van der Waals surface area contributed by atoms with Crippen LogP contribution in [0, 0.1) is 0 Å². The third-order valence-electron chi connectivity index (χ3n) is 11.0. The molecule has 0 aliphatic carbocycles. The molecule has 4 nitrogen and oxygen atoms in total. The molecule has 52 heavy (non-hydrogen) atoms. The maximum atomic E-state index is 5.47. The number of hydrogen-bond donors (Lipinski definition) is 0. The molecule has 0 unspecified atom stereocenters. The van der Waals surface area contributed by atoms with Crippen molar-refractivity contribution in [2.75, 3.05) is 0 Å². The molecule has 0 aliphatic rings. The Labute approximate surface area is 297 Å². The average Bonchev–Trinajstić information content (AvgIpc) is 3.69. The van der Waals surface area contributed by atoms with E-state index >= 15 is 0 Å². The molecule has 0 saturated heterocycles. The molecule has 12 rings (SSSR count). The summed E-state index contributed by atoms with van der Waals surface area (Å²) in [7, 11) is 0. The molecule has 0 fully saturated rings. The van der Waals surface area contributed by atoms with Crippen LogP contribution in [0.1, 0.15) is 0 Å². The van der Waals surface area contributed by atoms with Gasteiger partial charge in [-0.25, -0.2) is 9.97 Å². The van der Waals surface area contributed by atoms with Crippen LogP contribution in [0.4, 0.5) is 0 Å². The van der Waals surface area contributed by atoms with E-state index in [1.54, 1.807) is 0 Å². The molecule has 0 atom stereocenters. The third-order valence-corrected chi connectivity index (χ3v) is 11.0. The lowest BCUT2D eigenvalue weighted by Gasteiger charge is -2.14. The molecule has 12 aromatic rings. The van der Waals surface area contributed by atoms with Crippen LogP contribution in [0.2, 0.25) is 0 Å². The lowest BCUT2D eigenvalue weighted by Crippen LogP contribution is -2.03. The van der Waals surface area contributed by atoms with E-state index in [2.05, 4.69) is 179 Å². The van der Waals surface area contributed by atoms with Gasteiger partial charge in [-0.2, -0.15) is 0 Å². The summed E-state index contributed by atoms with van der Waals surface area (Å²) >= 11 is 0. The summed E-state index contributed by atoms with van der Waals surface area (Å²) < 4.78 is 4.76. The molecule has 4 aromatic heterocycles. The van der Waals surface area contributed by atoms with Gasteiger partial charge in [-0.15, -0.1) is 0 Å². The summed E-state index contributed by atoms with van der Waals surface area (Å²) in [6, 6.07) is 61.1. The van der Waals surface area contributed by atoms with Crippen LogP contribution in [0.25, 0.3) is 110 Å². The summed E-state index contributed by atoms with van der Waals surface area (Å²) in [5.74, 6) is 0.661. The zero-order chi connectivity index (χ0) is 33.9. The minimum absolute atomic E-state index is 0.661. The predicted molar refractivity (Wildman–Crippen MR) is 217 cm³/mol. The Balaban J connectivity index is 1.25. The van der Waals surface area contributed by atoms with E-state index in [1.165, 1.54) is 70.8 Å². The number of benzene rings is 8. The van der Waals surface area contributed by atoms with Gasteiger partial charge in [0.15, 0.2) is 0 Å². The monoisotopic (exact) mass is 660 g/mol. The topological polar surface area (TPSA) is 35.1 Å². The molecule has 0 radical (unpaired) electrons. The van der Waals surface area contributed by atoms with E-state index < -0.39 is 0 Å². The zero-order valence-corrected chi connectivity index (χ0v) is 28.0. The highest BCUT2D eigenvalue weighted by Gasteiger charge is 2.23. The van der Waals surface area contributed by atoms with E-state index in [9.17, 15) is 0 Å². The minimum Gasteiger partial charge on any atom is -0.308 e. The standard InChI is InChI=1S/C48H28N4/c1-3-13-29(14-4-1)32-19-9-17-31-27-38-39(28-37(31)32)49-48(50-46(38)30-15-5-2-6-16-30)52-41-24-11-20-34-36-22-10-21-35-33-18-7-8-23-40(33)51(47(35)36)42-25-12-26-43(52)45(42)44(34)41/h1-28H. The van der Waals surface area contributed by atoms with Crippen molar-refractivity contribution in [3.63, 3.8) is 0 Å². The van der Waals surface area contributed by atoms with Gasteiger partial charge in [0.25, 0.3) is 0 Å². The van der Waals surface area contributed by atoms with Gasteiger partial charge < -0.3 is 4.40 Å². The molecule has 0 N–H and O–H groups in total. The van der Waals surface area contributed by atoms with Crippen LogP contribution in [-0.2, 0) is 0 Å². The average molecular weight is 661 g/mol. The molecule has 8 aromatic carbocycles. The number of aromatic nitrogens is 4. The fraction of sp³-hybridized carbons (Fsp3) is 0. The Bertz CT molecular complexity index is 3390. The fourth-order valence-electron chi connectivity index (χ4n) is 8.88. The predicted octanol–water partition coefficient (Wildman–Crippen LogP) is 12.4. The van der Waals surface area contributed by atoms with E-state index in [0.29, 0.717) is 5.95 Å². The summed E-state index contributed by atoms with van der Waals surface area (Å²) in [5.41, 5.74) is 11.1. The number of hydrogen-bond acceptors (Lipinski definition) is 2. The highest BCUT2D eigenvalue weighted by atomic mass is 15.2. The van der Waals surface area contributed by atoms with Gasteiger partial charge in [-0.1, -0.05) is 133 Å². The van der Waals surface area contributed by atoms with Crippen LogP contribution in [0.3, 0.4) is 0 Å². The van der Waals surface area contributed by atoms with E-state index in [0.717, 1.165) is 33.2 Å². The highest BCUT2D eigenvalue weighted by Crippen LogP contribution is 2.44. The highest BCUT2D eigenvalue weighted by molar-refractivity contribution is 6.31. The van der Waals surface area contributed by atoms with E-state index in [-0.39, 0.29) is 0 Å². The second-order valence-electron chi connectivity index (χ2n) is 13.8. The van der Waals surface area contributed by atoms with Gasteiger partial charge in [-0.3, -0.25) is 4.57 Å². The number of para-hydroxylation sites is 2. The lowest BCUT2D eigenvalue weighted by atomic mass is 9.96. The Hall–Kier alpha value is -7.04. The van der Waals surface area contributed by atoms with Gasteiger partial charge in [-0.05, 0) is 63.7 Å². The van der Waals surface area contributed by atoms with Crippen molar-refractivity contribution < 1.29 is 0 Å². The second-order valence-corrected chi connectivity index (χ2v) is 13.8. The number of fused-ring (bicyclic) bond motifs is 7. The maximum Gasteiger partial charge on any atom is 0.235 e. The molecule has 0 bridgehead atoms. The largest absolute Gasteiger partial charge is 0.308 e. The Kier molecular flexibility index (Phi) is 5.47.